The minimum absolute atomic E-state index is 0.337. The minimum Gasteiger partial charge on any atom is -0.446 e. The van der Waals surface area contributed by atoms with Crippen LogP contribution in [-0.4, -0.2) is 51.1 Å². The molecule has 0 saturated carbocycles. The normalized spacial score (nSPS) is 19.2. The molecular weight excluding hydrogens is 276 g/mol. The summed E-state index contributed by atoms with van der Waals surface area (Å²) in [5.41, 5.74) is -0.998. The van der Waals surface area contributed by atoms with Gasteiger partial charge in [0.1, 0.15) is 0 Å². The smallest absolute Gasteiger partial charge is 0.422 e. The van der Waals surface area contributed by atoms with Crippen molar-refractivity contribution in [1.29, 1.82) is 0 Å². The summed E-state index contributed by atoms with van der Waals surface area (Å²) in [6, 6.07) is 0. The lowest BCUT2D eigenvalue weighted by molar-refractivity contribution is 0.0221. The topological polar surface area (TPSA) is 114 Å². The highest BCUT2D eigenvalue weighted by molar-refractivity contribution is 7.88. The zero-order chi connectivity index (χ0) is 14.5. The molecule has 0 atom stereocenters. The van der Waals surface area contributed by atoms with Gasteiger partial charge in [-0.25, -0.2) is 9.52 Å². The van der Waals surface area contributed by atoms with Gasteiger partial charge in [0.25, 0.3) is 0 Å². The van der Waals surface area contributed by atoms with Gasteiger partial charge < -0.3 is 14.6 Å². The van der Waals surface area contributed by atoms with Crippen LogP contribution in [0.25, 0.3) is 0 Å². The van der Waals surface area contributed by atoms with Gasteiger partial charge in [0, 0.05) is 13.2 Å². The fourth-order valence-corrected chi connectivity index (χ4v) is 2.87. The van der Waals surface area contributed by atoms with Crippen molar-refractivity contribution in [2.45, 2.75) is 38.3 Å². The highest BCUT2D eigenvalue weighted by Gasteiger charge is 2.36. The molecule has 0 radical (unpaired) electrons. The second-order valence-electron chi connectivity index (χ2n) is 4.71. The highest BCUT2D eigenvalue weighted by atomic mass is 32.2. The molecule has 1 saturated heterocycles. The van der Waals surface area contributed by atoms with Crippen LogP contribution in [0.4, 0.5) is 4.79 Å². The third-order valence-electron chi connectivity index (χ3n) is 2.66. The van der Waals surface area contributed by atoms with Crippen LogP contribution in [0.15, 0.2) is 0 Å². The van der Waals surface area contributed by atoms with Gasteiger partial charge in [0.2, 0.25) is 0 Å². The molecule has 0 spiro atoms. The van der Waals surface area contributed by atoms with Gasteiger partial charge in [-0.1, -0.05) is 0 Å². The average molecular weight is 296 g/mol. The van der Waals surface area contributed by atoms with E-state index in [2.05, 4.69) is 9.46 Å². The molecule has 0 aliphatic carbocycles. The van der Waals surface area contributed by atoms with Crippen molar-refractivity contribution in [1.82, 2.24) is 9.44 Å². The van der Waals surface area contributed by atoms with Crippen LogP contribution < -0.4 is 9.44 Å². The predicted molar refractivity (Wildman–Crippen MR) is 66.7 cm³/mol. The molecule has 1 aliphatic heterocycles. The zero-order valence-corrected chi connectivity index (χ0v) is 11.8. The van der Waals surface area contributed by atoms with Crippen molar-refractivity contribution in [3.05, 3.63) is 0 Å². The van der Waals surface area contributed by atoms with Crippen LogP contribution >= 0.6 is 0 Å². The molecule has 8 nitrogen and oxygen atoms in total. The molecular formula is C10H20N2O6S. The van der Waals surface area contributed by atoms with Crippen molar-refractivity contribution in [2.75, 3.05) is 19.8 Å². The molecule has 1 heterocycles. The fourth-order valence-electron chi connectivity index (χ4n) is 1.71. The van der Waals surface area contributed by atoms with Gasteiger partial charge in [-0.05, 0) is 26.7 Å². The summed E-state index contributed by atoms with van der Waals surface area (Å²) in [5.74, 6) is 0. The summed E-state index contributed by atoms with van der Waals surface area (Å²) >= 11 is 0. The van der Waals surface area contributed by atoms with Crippen LogP contribution in [0.5, 0.6) is 0 Å². The van der Waals surface area contributed by atoms with E-state index >= 15 is 0 Å². The Morgan fingerprint density at radius 1 is 1.42 bits per heavy atom. The van der Waals surface area contributed by atoms with Crippen LogP contribution in [0.3, 0.4) is 0 Å². The van der Waals surface area contributed by atoms with E-state index in [4.69, 9.17) is 4.74 Å². The molecule has 112 valence electrons. The molecule has 0 aromatic heterocycles. The average Bonchev–Trinajstić information content (AvgIpc) is 2.27. The second kappa shape index (κ2) is 6.51. The Labute approximate surface area is 112 Å². The van der Waals surface area contributed by atoms with Gasteiger partial charge in [-0.15, -0.1) is 0 Å². The number of carbonyl (C=O) groups is 1. The summed E-state index contributed by atoms with van der Waals surface area (Å²) in [6.45, 7) is 3.54. The second-order valence-corrected chi connectivity index (χ2v) is 6.13. The molecule has 1 aliphatic rings. The van der Waals surface area contributed by atoms with Crippen molar-refractivity contribution in [2.24, 2.45) is 0 Å². The molecule has 3 N–H and O–H groups in total. The number of aliphatic hydroxyl groups excluding tert-OH is 1. The first-order valence-corrected chi connectivity index (χ1v) is 7.48. The maximum absolute atomic E-state index is 11.8. The van der Waals surface area contributed by atoms with E-state index in [0.717, 1.165) is 0 Å². The Morgan fingerprint density at radius 2 is 2.00 bits per heavy atom. The van der Waals surface area contributed by atoms with Crippen molar-refractivity contribution >= 4 is 16.3 Å². The molecule has 0 aromatic carbocycles. The molecule has 1 rings (SSSR count). The van der Waals surface area contributed by atoms with E-state index in [9.17, 15) is 18.3 Å². The Morgan fingerprint density at radius 3 is 2.47 bits per heavy atom. The number of amides is 1. The summed E-state index contributed by atoms with van der Waals surface area (Å²) in [6.07, 6.45) is -0.805. The molecule has 19 heavy (non-hydrogen) atoms. The first kappa shape index (κ1) is 16.2. The lowest BCUT2D eigenvalue weighted by Crippen LogP contribution is -2.58. The van der Waals surface area contributed by atoms with Crippen molar-refractivity contribution < 1.29 is 27.8 Å². The molecule has 0 bridgehead atoms. The molecule has 1 fully saturated rings. The quantitative estimate of drug-likeness (QED) is 0.630. The third-order valence-corrected chi connectivity index (χ3v) is 3.80. The minimum atomic E-state index is -4.09. The SMILES string of the molecule is CC(C)OC(=O)NS(=O)(=O)NC1(CO)CCOCC1. The van der Waals surface area contributed by atoms with E-state index in [0.29, 0.717) is 26.1 Å². The summed E-state index contributed by atoms with van der Waals surface area (Å²) in [5, 5.41) is 9.36. The number of rotatable bonds is 5. The third kappa shape index (κ3) is 5.31. The van der Waals surface area contributed by atoms with E-state index in [1.807, 2.05) is 0 Å². The maximum atomic E-state index is 11.8. The maximum Gasteiger partial charge on any atom is 0.422 e. The van der Waals surface area contributed by atoms with E-state index in [1.54, 1.807) is 18.6 Å². The first-order valence-electron chi connectivity index (χ1n) is 5.99. The standard InChI is InChI=1S/C10H20N2O6S/c1-8(2)18-9(14)11-19(15,16)12-10(7-13)3-5-17-6-4-10/h8,12-13H,3-7H2,1-2H3,(H,11,14). The van der Waals surface area contributed by atoms with Gasteiger partial charge in [-0.2, -0.15) is 13.1 Å². The van der Waals surface area contributed by atoms with Crippen LogP contribution in [0, 0.1) is 0 Å². The van der Waals surface area contributed by atoms with E-state index < -0.39 is 27.9 Å². The Kier molecular flexibility index (Phi) is 5.53. The fraction of sp³-hybridized carbons (Fsp3) is 0.900. The lowest BCUT2D eigenvalue weighted by Gasteiger charge is -2.35. The van der Waals surface area contributed by atoms with Crippen LogP contribution in [-0.2, 0) is 19.7 Å². The Hall–Kier alpha value is -0.900. The van der Waals surface area contributed by atoms with Crippen LogP contribution in [0.2, 0.25) is 0 Å². The zero-order valence-electron chi connectivity index (χ0n) is 11.0. The number of carbonyl (C=O) groups excluding carboxylic acids is 1. The summed E-state index contributed by atoms with van der Waals surface area (Å²) in [7, 11) is -4.09. The summed E-state index contributed by atoms with van der Waals surface area (Å²) in [4.78, 5) is 11.3. The molecule has 0 unspecified atom stereocenters. The highest BCUT2D eigenvalue weighted by Crippen LogP contribution is 2.20. The van der Waals surface area contributed by atoms with Gasteiger partial charge in [0.05, 0.1) is 18.2 Å². The lowest BCUT2D eigenvalue weighted by atomic mass is 9.93. The predicted octanol–water partition coefficient (Wildman–Crippen LogP) is -0.503. The summed E-state index contributed by atoms with van der Waals surface area (Å²) < 4.78 is 37.4. The Bertz CT molecular complexity index is 402. The number of aliphatic hydroxyl groups is 1. The van der Waals surface area contributed by atoms with Gasteiger partial charge in [0.15, 0.2) is 0 Å². The van der Waals surface area contributed by atoms with E-state index in [1.165, 1.54) is 0 Å². The van der Waals surface area contributed by atoms with Gasteiger partial charge >= 0.3 is 16.3 Å². The first-order chi connectivity index (χ1) is 8.79. The van der Waals surface area contributed by atoms with E-state index in [-0.39, 0.29) is 6.61 Å². The number of hydrogen-bond donors (Lipinski definition) is 3. The van der Waals surface area contributed by atoms with Crippen molar-refractivity contribution in [3.8, 4) is 0 Å². The number of hydrogen-bond acceptors (Lipinski definition) is 6. The van der Waals surface area contributed by atoms with Crippen LogP contribution in [0.1, 0.15) is 26.7 Å². The van der Waals surface area contributed by atoms with Crippen molar-refractivity contribution in [3.63, 3.8) is 0 Å². The monoisotopic (exact) mass is 296 g/mol. The molecule has 9 heteroatoms. The van der Waals surface area contributed by atoms with Gasteiger partial charge in [-0.3, -0.25) is 0 Å². The Balaban J connectivity index is 2.64. The number of ether oxygens (including phenoxy) is 2. The number of nitrogens with one attached hydrogen (secondary N) is 2. The molecule has 1 amide bonds. The largest absolute Gasteiger partial charge is 0.446 e. The molecule has 0 aromatic rings.